The monoisotopic (exact) mass is 292 g/mol. The maximum absolute atomic E-state index is 6.18. The molecule has 1 N–H and O–H groups in total. The van der Waals surface area contributed by atoms with Crippen LogP contribution in [-0.2, 0) is 6.54 Å². The van der Waals surface area contributed by atoms with Crippen LogP contribution in [0.5, 0.6) is 5.75 Å². The van der Waals surface area contributed by atoms with Crippen molar-refractivity contribution in [3.8, 4) is 5.75 Å². The molecule has 20 heavy (non-hydrogen) atoms. The second-order valence-corrected chi connectivity index (χ2v) is 4.68. The van der Waals surface area contributed by atoms with Crippen LogP contribution >= 0.6 is 11.6 Å². The van der Waals surface area contributed by atoms with E-state index in [0.717, 1.165) is 10.6 Å². The van der Waals surface area contributed by atoms with E-state index in [-0.39, 0.29) is 0 Å². The van der Waals surface area contributed by atoms with Crippen LogP contribution in [0, 0.1) is 0 Å². The molecular formula is C14H17ClN4O. The Kier molecular flexibility index (Phi) is 4.63. The number of benzene rings is 1. The lowest BCUT2D eigenvalue weighted by atomic mass is 10.2. The van der Waals surface area contributed by atoms with Gasteiger partial charge in [0.15, 0.2) is 11.6 Å². The van der Waals surface area contributed by atoms with Crippen molar-refractivity contribution < 1.29 is 4.74 Å². The first-order valence-corrected chi connectivity index (χ1v) is 6.56. The highest BCUT2D eigenvalue weighted by Gasteiger charge is 2.15. The van der Waals surface area contributed by atoms with E-state index in [1.807, 2.05) is 36.2 Å². The molecule has 2 aromatic rings. The van der Waals surface area contributed by atoms with Crippen LogP contribution in [0.3, 0.4) is 0 Å². The first-order chi connectivity index (χ1) is 9.67. The standard InChI is InChI=1S/C14H17ClN4O/c1-16-13-12(20-3)14(18-9-17-13)19(2)8-10-6-4-5-7-11(10)15/h4-7,9H,8H2,1-3H3,(H,16,17,18). The Morgan fingerprint density at radius 3 is 2.70 bits per heavy atom. The summed E-state index contributed by atoms with van der Waals surface area (Å²) in [5.41, 5.74) is 1.03. The highest BCUT2D eigenvalue weighted by atomic mass is 35.5. The van der Waals surface area contributed by atoms with Crippen molar-refractivity contribution in [2.24, 2.45) is 0 Å². The van der Waals surface area contributed by atoms with Gasteiger partial charge >= 0.3 is 0 Å². The molecule has 0 aliphatic heterocycles. The van der Waals surface area contributed by atoms with Crippen molar-refractivity contribution in [2.45, 2.75) is 6.54 Å². The quantitative estimate of drug-likeness (QED) is 0.918. The van der Waals surface area contributed by atoms with Crippen LogP contribution in [0.15, 0.2) is 30.6 Å². The number of aromatic nitrogens is 2. The van der Waals surface area contributed by atoms with Crippen LogP contribution in [0.1, 0.15) is 5.56 Å². The molecule has 0 radical (unpaired) electrons. The van der Waals surface area contributed by atoms with Gasteiger partial charge in [0.1, 0.15) is 6.33 Å². The molecule has 0 spiro atoms. The average Bonchev–Trinajstić information content (AvgIpc) is 2.48. The lowest BCUT2D eigenvalue weighted by molar-refractivity contribution is 0.413. The van der Waals surface area contributed by atoms with E-state index >= 15 is 0 Å². The molecule has 1 heterocycles. The first-order valence-electron chi connectivity index (χ1n) is 6.18. The Morgan fingerprint density at radius 1 is 1.30 bits per heavy atom. The summed E-state index contributed by atoms with van der Waals surface area (Å²) in [5, 5.41) is 3.73. The molecule has 2 rings (SSSR count). The number of rotatable bonds is 5. The van der Waals surface area contributed by atoms with Gasteiger partial charge in [-0.15, -0.1) is 0 Å². The molecule has 6 heteroatoms. The fourth-order valence-electron chi connectivity index (χ4n) is 1.96. The van der Waals surface area contributed by atoms with Crippen molar-refractivity contribution in [1.82, 2.24) is 9.97 Å². The SMILES string of the molecule is CNc1ncnc(N(C)Cc2ccccc2Cl)c1OC. The van der Waals surface area contributed by atoms with Crippen molar-refractivity contribution in [3.05, 3.63) is 41.2 Å². The summed E-state index contributed by atoms with van der Waals surface area (Å²) >= 11 is 6.18. The lowest BCUT2D eigenvalue weighted by Gasteiger charge is -2.21. The number of ether oxygens (including phenoxy) is 1. The molecule has 0 saturated carbocycles. The molecule has 0 atom stereocenters. The molecule has 0 aliphatic carbocycles. The van der Waals surface area contributed by atoms with Gasteiger partial charge in [0, 0.05) is 25.7 Å². The minimum absolute atomic E-state index is 0.615. The van der Waals surface area contributed by atoms with Gasteiger partial charge in [0.05, 0.1) is 7.11 Å². The Hall–Kier alpha value is -2.01. The third-order valence-electron chi connectivity index (χ3n) is 2.95. The Labute approximate surface area is 123 Å². The van der Waals surface area contributed by atoms with Gasteiger partial charge in [0.25, 0.3) is 0 Å². The van der Waals surface area contributed by atoms with Crippen LogP contribution in [0.25, 0.3) is 0 Å². The van der Waals surface area contributed by atoms with Gasteiger partial charge in [-0.1, -0.05) is 29.8 Å². The molecule has 5 nitrogen and oxygen atoms in total. The topological polar surface area (TPSA) is 50.3 Å². The maximum atomic E-state index is 6.18. The number of hydrogen-bond acceptors (Lipinski definition) is 5. The predicted octanol–water partition coefficient (Wildman–Crippen LogP) is 2.82. The lowest BCUT2D eigenvalue weighted by Crippen LogP contribution is -2.19. The number of methoxy groups -OCH3 is 1. The molecule has 0 unspecified atom stereocenters. The van der Waals surface area contributed by atoms with E-state index in [1.165, 1.54) is 6.33 Å². The van der Waals surface area contributed by atoms with Crippen molar-refractivity contribution in [1.29, 1.82) is 0 Å². The molecule has 106 valence electrons. The van der Waals surface area contributed by atoms with E-state index in [2.05, 4.69) is 15.3 Å². The fourth-order valence-corrected chi connectivity index (χ4v) is 2.15. The third-order valence-corrected chi connectivity index (χ3v) is 3.32. The minimum atomic E-state index is 0.615. The zero-order valence-corrected chi connectivity index (χ0v) is 12.5. The summed E-state index contributed by atoms with van der Waals surface area (Å²) in [5.74, 6) is 1.99. The highest BCUT2D eigenvalue weighted by Crippen LogP contribution is 2.32. The van der Waals surface area contributed by atoms with E-state index in [0.29, 0.717) is 23.9 Å². The summed E-state index contributed by atoms with van der Waals surface area (Å²) in [4.78, 5) is 10.4. The van der Waals surface area contributed by atoms with Gasteiger partial charge < -0.3 is 15.0 Å². The average molecular weight is 293 g/mol. The molecule has 0 aliphatic rings. The normalized spacial score (nSPS) is 10.2. The second-order valence-electron chi connectivity index (χ2n) is 4.28. The number of anilines is 2. The number of nitrogens with one attached hydrogen (secondary N) is 1. The molecule has 0 bridgehead atoms. The van der Waals surface area contributed by atoms with Crippen molar-refractivity contribution in [3.63, 3.8) is 0 Å². The van der Waals surface area contributed by atoms with E-state index in [1.54, 1.807) is 14.2 Å². The van der Waals surface area contributed by atoms with Gasteiger partial charge in [0.2, 0.25) is 5.75 Å². The van der Waals surface area contributed by atoms with Gasteiger partial charge in [-0.2, -0.15) is 0 Å². The minimum Gasteiger partial charge on any atom is -0.490 e. The Balaban J connectivity index is 2.30. The Morgan fingerprint density at radius 2 is 2.05 bits per heavy atom. The first kappa shape index (κ1) is 14.4. The van der Waals surface area contributed by atoms with E-state index < -0.39 is 0 Å². The maximum Gasteiger partial charge on any atom is 0.204 e. The molecule has 0 fully saturated rings. The van der Waals surface area contributed by atoms with Crippen LogP contribution in [0.2, 0.25) is 5.02 Å². The summed E-state index contributed by atoms with van der Waals surface area (Å²) < 4.78 is 5.39. The highest BCUT2D eigenvalue weighted by molar-refractivity contribution is 6.31. The Bertz CT molecular complexity index is 591. The zero-order chi connectivity index (χ0) is 14.5. The molecule has 1 aromatic heterocycles. The number of hydrogen-bond donors (Lipinski definition) is 1. The van der Waals surface area contributed by atoms with Gasteiger partial charge in [-0.05, 0) is 11.6 Å². The van der Waals surface area contributed by atoms with E-state index in [9.17, 15) is 0 Å². The largest absolute Gasteiger partial charge is 0.490 e. The molecule has 0 saturated heterocycles. The van der Waals surface area contributed by atoms with Crippen LogP contribution < -0.4 is 15.0 Å². The third kappa shape index (κ3) is 2.93. The summed E-state index contributed by atoms with van der Waals surface area (Å²) in [6.45, 7) is 0.635. The molecular weight excluding hydrogens is 276 g/mol. The summed E-state index contributed by atoms with van der Waals surface area (Å²) in [6, 6.07) is 7.74. The van der Waals surface area contributed by atoms with Gasteiger partial charge in [-0.3, -0.25) is 0 Å². The van der Waals surface area contributed by atoms with Crippen LogP contribution in [0.4, 0.5) is 11.6 Å². The predicted molar refractivity (Wildman–Crippen MR) is 81.7 cm³/mol. The second kappa shape index (κ2) is 6.43. The number of nitrogens with zero attached hydrogens (tertiary/aromatic N) is 3. The molecule has 0 amide bonds. The summed E-state index contributed by atoms with van der Waals surface area (Å²) in [7, 11) is 5.34. The zero-order valence-electron chi connectivity index (χ0n) is 11.7. The van der Waals surface area contributed by atoms with E-state index in [4.69, 9.17) is 16.3 Å². The molecule has 1 aromatic carbocycles. The van der Waals surface area contributed by atoms with Crippen molar-refractivity contribution >= 4 is 23.2 Å². The number of halogens is 1. The van der Waals surface area contributed by atoms with Crippen LogP contribution in [-0.4, -0.2) is 31.2 Å². The van der Waals surface area contributed by atoms with Gasteiger partial charge in [-0.25, -0.2) is 9.97 Å². The van der Waals surface area contributed by atoms with Crippen molar-refractivity contribution in [2.75, 3.05) is 31.4 Å². The smallest absolute Gasteiger partial charge is 0.204 e. The summed E-state index contributed by atoms with van der Waals surface area (Å²) in [6.07, 6.45) is 1.51. The fraction of sp³-hybridized carbons (Fsp3) is 0.286.